The van der Waals surface area contributed by atoms with Crippen molar-refractivity contribution in [3.8, 4) is 0 Å². The number of carbonyl (C=O) groups is 1. The maximum atomic E-state index is 11.3. The van der Waals surface area contributed by atoms with Crippen LogP contribution >= 0.6 is 0 Å². The van der Waals surface area contributed by atoms with Crippen LogP contribution in [-0.2, 0) is 0 Å². The van der Waals surface area contributed by atoms with E-state index in [-0.39, 0.29) is 5.78 Å². The predicted octanol–water partition coefficient (Wildman–Crippen LogP) is 4.75. The summed E-state index contributed by atoms with van der Waals surface area (Å²) in [5, 5.41) is 4.59. The van der Waals surface area contributed by atoms with Crippen LogP contribution in [0.3, 0.4) is 0 Å². The normalized spacial score (nSPS) is 10.0. The first-order chi connectivity index (χ1) is 11.7. The summed E-state index contributed by atoms with van der Waals surface area (Å²) in [7, 11) is 0. The highest BCUT2D eigenvalue weighted by Crippen LogP contribution is 2.14. The number of nitrogens with one attached hydrogen (secondary N) is 1. The SMILES string of the molecule is CC(=O)c1ccc(NN=C(c2ccccc2)c2ccccc2)cc1. The zero-order valence-corrected chi connectivity index (χ0v) is 13.4. The van der Waals surface area contributed by atoms with Gasteiger partial charge in [-0.05, 0) is 31.2 Å². The first kappa shape index (κ1) is 15.7. The summed E-state index contributed by atoms with van der Waals surface area (Å²) in [4.78, 5) is 11.3. The molecular formula is C21H18N2O. The molecule has 0 aliphatic heterocycles. The van der Waals surface area contributed by atoms with Gasteiger partial charge in [0.15, 0.2) is 5.78 Å². The van der Waals surface area contributed by atoms with Crippen LogP contribution in [0.1, 0.15) is 28.4 Å². The highest BCUT2D eigenvalue weighted by molar-refractivity contribution is 6.13. The third-order valence-electron chi connectivity index (χ3n) is 3.68. The fraction of sp³-hybridized carbons (Fsp3) is 0.0476. The topological polar surface area (TPSA) is 41.5 Å². The number of carbonyl (C=O) groups excluding carboxylic acids is 1. The van der Waals surface area contributed by atoms with Crippen LogP contribution in [-0.4, -0.2) is 11.5 Å². The Labute approximate surface area is 141 Å². The maximum Gasteiger partial charge on any atom is 0.159 e. The molecule has 0 aromatic heterocycles. The number of rotatable bonds is 5. The van der Waals surface area contributed by atoms with Crippen molar-refractivity contribution in [3.63, 3.8) is 0 Å². The highest BCUT2D eigenvalue weighted by atomic mass is 16.1. The van der Waals surface area contributed by atoms with Gasteiger partial charge >= 0.3 is 0 Å². The predicted molar refractivity (Wildman–Crippen MR) is 98.6 cm³/mol. The number of hydrogen-bond acceptors (Lipinski definition) is 3. The second kappa shape index (κ2) is 7.38. The number of Topliss-reactive ketones (excluding diaryl/α,β-unsaturated/α-hetero) is 1. The highest BCUT2D eigenvalue weighted by Gasteiger charge is 2.06. The van der Waals surface area contributed by atoms with Crippen molar-refractivity contribution in [2.45, 2.75) is 6.92 Å². The van der Waals surface area contributed by atoms with E-state index in [0.29, 0.717) is 5.56 Å². The molecule has 0 heterocycles. The van der Waals surface area contributed by atoms with Crippen LogP contribution in [0, 0.1) is 0 Å². The summed E-state index contributed by atoms with van der Waals surface area (Å²) in [6.07, 6.45) is 0. The summed E-state index contributed by atoms with van der Waals surface area (Å²) in [5.41, 5.74) is 7.56. The molecule has 3 nitrogen and oxygen atoms in total. The second-order valence-electron chi connectivity index (χ2n) is 5.44. The first-order valence-corrected chi connectivity index (χ1v) is 7.79. The lowest BCUT2D eigenvalue weighted by Gasteiger charge is -2.09. The summed E-state index contributed by atoms with van der Waals surface area (Å²) < 4.78 is 0. The lowest BCUT2D eigenvalue weighted by molar-refractivity contribution is 0.101. The van der Waals surface area contributed by atoms with E-state index >= 15 is 0 Å². The largest absolute Gasteiger partial charge is 0.295 e. The van der Waals surface area contributed by atoms with Crippen molar-refractivity contribution in [2.75, 3.05) is 5.43 Å². The van der Waals surface area contributed by atoms with E-state index in [0.717, 1.165) is 22.5 Å². The Balaban J connectivity index is 1.91. The van der Waals surface area contributed by atoms with E-state index in [4.69, 9.17) is 0 Å². The first-order valence-electron chi connectivity index (χ1n) is 7.79. The van der Waals surface area contributed by atoms with E-state index in [2.05, 4.69) is 10.5 Å². The maximum absolute atomic E-state index is 11.3. The van der Waals surface area contributed by atoms with Crippen LogP contribution in [0.25, 0.3) is 0 Å². The quantitative estimate of drug-likeness (QED) is 0.419. The molecular weight excluding hydrogens is 296 g/mol. The molecule has 0 atom stereocenters. The minimum atomic E-state index is 0.0549. The Morgan fingerprint density at radius 2 is 1.21 bits per heavy atom. The number of hydrogen-bond donors (Lipinski definition) is 1. The fourth-order valence-electron chi connectivity index (χ4n) is 2.39. The van der Waals surface area contributed by atoms with Gasteiger partial charge in [0.1, 0.15) is 0 Å². The molecule has 24 heavy (non-hydrogen) atoms. The molecule has 0 unspecified atom stereocenters. The third kappa shape index (κ3) is 3.76. The van der Waals surface area contributed by atoms with Gasteiger partial charge in [-0.25, -0.2) is 0 Å². The number of ketones is 1. The average molecular weight is 314 g/mol. The minimum Gasteiger partial charge on any atom is -0.295 e. The fourth-order valence-corrected chi connectivity index (χ4v) is 2.39. The standard InChI is InChI=1S/C21H18N2O/c1-16(24)17-12-14-20(15-13-17)22-23-21(18-8-4-2-5-9-18)19-10-6-3-7-11-19/h2-15,22H,1H3. The molecule has 0 aliphatic carbocycles. The van der Waals surface area contributed by atoms with Crippen LogP contribution in [0.4, 0.5) is 5.69 Å². The molecule has 3 aromatic rings. The second-order valence-corrected chi connectivity index (χ2v) is 5.44. The van der Waals surface area contributed by atoms with Crippen molar-refractivity contribution >= 4 is 17.2 Å². The molecule has 0 aliphatic rings. The Bertz CT molecular complexity index is 797. The van der Waals surface area contributed by atoms with Gasteiger partial charge in [-0.2, -0.15) is 5.10 Å². The summed E-state index contributed by atoms with van der Waals surface area (Å²) in [6, 6.07) is 27.4. The van der Waals surface area contributed by atoms with Crippen LogP contribution in [0.5, 0.6) is 0 Å². The van der Waals surface area contributed by atoms with Crippen molar-refractivity contribution < 1.29 is 4.79 Å². The number of anilines is 1. The minimum absolute atomic E-state index is 0.0549. The van der Waals surface area contributed by atoms with E-state index in [9.17, 15) is 4.79 Å². The van der Waals surface area contributed by atoms with Crippen LogP contribution < -0.4 is 5.43 Å². The van der Waals surface area contributed by atoms with Gasteiger partial charge in [0.05, 0.1) is 11.4 Å². The molecule has 0 amide bonds. The Morgan fingerprint density at radius 3 is 1.67 bits per heavy atom. The molecule has 0 spiro atoms. The van der Waals surface area contributed by atoms with Gasteiger partial charge in [0.25, 0.3) is 0 Å². The summed E-state index contributed by atoms with van der Waals surface area (Å²) >= 11 is 0. The van der Waals surface area contributed by atoms with Crippen molar-refractivity contribution in [1.29, 1.82) is 0 Å². The molecule has 0 radical (unpaired) electrons. The monoisotopic (exact) mass is 314 g/mol. The Morgan fingerprint density at radius 1 is 0.708 bits per heavy atom. The van der Waals surface area contributed by atoms with Gasteiger partial charge in [-0.1, -0.05) is 60.7 Å². The lowest BCUT2D eigenvalue weighted by atomic mass is 10.0. The van der Waals surface area contributed by atoms with Crippen molar-refractivity contribution in [3.05, 3.63) is 102 Å². The smallest absolute Gasteiger partial charge is 0.159 e. The molecule has 1 N–H and O–H groups in total. The molecule has 118 valence electrons. The van der Waals surface area contributed by atoms with Gasteiger partial charge in [0, 0.05) is 16.7 Å². The lowest BCUT2D eigenvalue weighted by Crippen LogP contribution is -2.06. The molecule has 3 heteroatoms. The molecule has 0 bridgehead atoms. The van der Waals surface area contributed by atoms with E-state index in [1.165, 1.54) is 0 Å². The van der Waals surface area contributed by atoms with Crippen LogP contribution in [0.2, 0.25) is 0 Å². The van der Waals surface area contributed by atoms with Crippen molar-refractivity contribution in [2.24, 2.45) is 5.10 Å². The molecule has 3 aromatic carbocycles. The summed E-state index contributed by atoms with van der Waals surface area (Å²) in [5.74, 6) is 0.0549. The van der Waals surface area contributed by atoms with Gasteiger partial charge in [0.2, 0.25) is 0 Å². The Hall–Kier alpha value is -3.20. The van der Waals surface area contributed by atoms with E-state index in [1.807, 2.05) is 72.8 Å². The number of benzene rings is 3. The zero-order valence-electron chi connectivity index (χ0n) is 13.4. The molecule has 0 fully saturated rings. The number of nitrogens with zero attached hydrogens (tertiary/aromatic N) is 1. The molecule has 0 saturated heterocycles. The summed E-state index contributed by atoms with van der Waals surface area (Å²) in [6.45, 7) is 1.56. The van der Waals surface area contributed by atoms with Gasteiger partial charge in [-0.3, -0.25) is 10.2 Å². The van der Waals surface area contributed by atoms with E-state index < -0.39 is 0 Å². The van der Waals surface area contributed by atoms with Gasteiger partial charge in [-0.15, -0.1) is 0 Å². The van der Waals surface area contributed by atoms with E-state index in [1.54, 1.807) is 19.1 Å². The molecule has 3 rings (SSSR count). The molecule has 0 saturated carbocycles. The average Bonchev–Trinajstić information content (AvgIpc) is 2.64. The van der Waals surface area contributed by atoms with Gasteiger partial charge < -0.3 is 0 Å². The number of hydrazone groups is 1. The Kier molecular flexibility index (Phi) is 4.82. The van der Waals surface area contributed by atoms with Crippen LogP contribution in [0.15, 0.2) is 90.0 Å². The zero-order chi connectivity index (χ0) is 16.8. The van der Waals surface area contributed by atoms with Crippen molar-refractivity contribution in [1.82, 2.24) is 0 Å². The third-order valence-corrected chi connectivity index (χ3v) is 3.68.